The van der Waals surface area contributed by atoms with Crippen molar-refractivity contribution in [2.24, 2.45) is 0 Å². The zero-order valence-corrected chi connectivity index (χ0v) is 14.2. The maximum Gasteiger partial charge on any atom is 0.345 e. The molecule has 20 heavy (non-hydrogen) atoms. The van der Waals surface area contributed by atoms with E-state index in [0.717, 1.165) is 43.4 Å². The van der Waals surface area contributed by atoms with Crippen molar-refractivity contribution < 1.29 is 18.3 Å². The number of thiophene rings is 1. The van der Waals surface area contributed by atoms with Crippen LogP contribution in [0, 0.1) is 0 Å². The van der Waals surface area contributed by atoms with E-state index in [4.69, 9.17) is 5.11 Å². The van der Waals surface area contributed by atoms with Gasteiger partial charge in [0, 0.05) is 13.1 Å². The van der Waals surface area contributed by atoms with Crippen molar-refractivity contribution in [2.75, 3.05) is 7.05 Å². The minimum absolute atomic E-state index is 0.00817. The van der Waals surface area contributed by atoms with Gasteiger partial charge in [-0.25, -0.2) is 13.2 Å². The van der Waals surface area contributed by atoms with Crippen LogP contribution in [-0.4, -0.2) is 36.9 Å². The van der Waals surface area contributed by atoms with Crippen LogP contribution >= 0.6 is 27.3 Å². The number of nitrogens with zero attached hydrogens (tertiary/aromatic N) is 1. The van der Waals surface area contributed by atoms with Crippen molar-refractivity contribution >= 4 is 43.3 Å². The Morgan fingerprint density at radius 1 is 1.40 bits per heavy atom. The van der Waals surface area contributed by atoms with E-state index in [9.17, 15) is 13.2 Å². The molecule has 0 atom stereocenters. The van der Waals surface area contributed by atoms with Crippen LogP contribution in [0.4, 0.5) is 0 Å². The van der Waals surface area contributed by atoms with Gasteiger partial charge in [0.15, 0.2) is 0 Å². The van der Waals surface area contributed by atoms with Crippen molar-refractivity contribution in [1.82, 2.24) is 4.31 Å². The molecule has 0 radical (unpaired) electrons. The van der Waals surface area contributed by atoms with Crippen molar-refractivity contribution in [3.63, 3.8) is 0 Å². The van der Waals surface area contributed by atoms with Crippen LogP contribution in [0.2, 0.25) is 0 Å². The fourth-order valence-corrected chi connectivity index (χ4v) is 6.20. The molecule has 0 unspecified atom stereocenters. The number of hydrogen-bond acceptors (Lipinski definition) is 4. The summed E-state index contributed by atoms with van der Waals surface area (Å²) in [6.07, 6.45) is 4.95. The van der Waals surface area contributed by atoms with Crippen molar-refractivity contribution in [2.45, 2.75) is 43.0 Å². The maximum atomic E-state index is 12.6. The number of halogens is 1. The highest BCUT2D eigenvalue weighted by atomic mass is 79.9. The first-order valence-electron chi connectivity index (χ1n) is 6.34. The highest BCUT2D eigenvalue weighted by molar-refractivity contribution is 9.11. The highest BCUT2D eigenvalue weighted by Gasteiger charge is 2.32. The van der Waals surface area contributed by atoms with Gasteiger partial charge >= 0.3 is 5.97 Å². The third-order valence-electron chi connectivity index (χ3n) is 3.61. The molecule has 0 aromatic carbocycles. The molecule has 1 N–H and O–H groups in total. The zero-order valence-electron chi connectivity index (χ0n) is 11.0. The molecule has 1 aliphatic carbocycles. The molecule has 5 nitrogen and oxygen atoms in total. The van der Waals surface area contributed by atoms with Crippen LogP contribution in [0.25, 0.3) is 0 Å². The first kappa shape index (κ1) is 15.9. The quantitative estimate of drug-likeness (QED) is 0.868. The number of aromatic carboxylic acids is 1. The third kappa shape index (κ3) is 3.08. The molecule has 2 rings (SSSR count). The van der Waals surface area contributed by atoms with Crippen LogP contribution in [0.5, 0.6) is 0 Å². The van der Waals surface area contributed by atoms with Gasteiger partial charge in [-0.3, -0.25) is 0 Å². The molecule has 0 amide bonds. The first-order chi connectivity index (χ1) is 9.34. The lowest BCUT2D eigenvalue weighted by Gasteiger charge is -2.30. The van der Waals surface area contributed by atoms with E-state index in [-0.39, 0.29) is 15.8 Å². The summed E-state index contributed by atoms with van der Waals surface area (Å²) in [5, 5.41) is 8.96. The zero-order chi connectivity index (χ0) is 14.9. The van der Waals surface area contributed by atoms with Crippen LogP contribution in [0.1, 0.15) is 41.8 Å². The van der Waals surface area contributed by atoms with Gasteiger partial charge in [-0.1, -0.05) is 19.3 Å². The number of carboxylic acids is 1. The van der Waals surface area contributed by atoms with Gasteiger partial charge in [0.25, 0.3) is 0 Å². The van der Waals surface area contributed by atoms with Crippen LogP contribution < -0.4 is 0 Å². The lowest BCUT2D eigenvalue weighted by atomic mass is 9.96. The lowest BCUT2D eigenvalue weighted by molar-refractivity contribution is 0.0702. The number of carboxylic acid groups (broad SMARTS) is 1. The van der Waals surface area contributed by atoms with E-state index < -0.39 is 16.0 Å². The fraction of sp³-hybridized carbons (Fsp3) is 0.583. The smallest absolute Gasteiger partial charge is 0.345 e. The molecule has 0 bridgehead atoms. The summed E-state index contributed by atoms with van der Waals surface area (Å²) < 4.78 is 26.9. The van der Waals surface area contributed by atoms with Gasteiger partial charge in [-0.05, 0) is 34.8 Å². The number of carbonyl (C=O) groups is 1. The molecule has 1 saturated carbocycles. The maximum absolute atomic E-state index is 12.6. The summed E-state index contributed by atoms with van der Waals surface area (Å²) in [5.74, 6) is -1.11. The minimum Gasteiger partial charge on any atom is -0.477 e. The van der Waals surface area contributed by atoms with Crippen molar-refractivity contribution in [1.29, 1.82) is 0 Å². The van der Waals surface area contributed by atoms with E-state index in [0.29, 0.717) is 3.79 Å². The Labute approximate surface area is 130 Å². The Morgan fingerprint density at radius 3 is 2.50 bits per heavy atom. The normalized spacial score (nSPS) is 17.6. The molecular weight excluding hydrogens is 366 g/mol. The lowest BCUT2D eigenvalue weighted by Crippen LogP contribution is -2.38. The van der Waals surface area contributed by atoms with E-state index >= 15 is 0 Å². The van der Waals surface area contributed by atoms with Gasteiger partial charge < -0.3 is 5.11 Å². The SMILES string of the molecule is CN(C1CCCCC1)S(=O)(=O)c1cc(C(=O)O)sc1Br. The highest BCUT2D eigenvalue weighted by Crippen LogP contribution is 2.35. The predicted molar refractivity (Wildman–Crippen MR) is 80.8 cm³/mol. The van der Waals surface area contributed by atoms with E-state index in [1.165, 1.54) is 10.4 Å². The van der Waals surface area contributed by atoms with E-state index in [1.807, 2.05) is 0 Å². The molecular formula is C12H16BrNO4S2. The van der Waals surface area contributed by atoms with Gasteiger partial charge in [0.1, 0.15) is 9.77 Å². The second kappa shape index (κ2) is 6.13. The average Bonchev–Trinajstić information content (AvgIpc) is 2.82. The summed E-state index contributed by atoms with van der Waals surface area (Å²) in [5.41, 5.74) is 0. The predicted octanol–water partition coefficient (Wildman–Crippen LogP) is 3.16. The first-order valence-corrected chi connectivity index (χ1v) is 9.39. The summed E-state index contributed by atoms with van der Waals surface area (Å²) in [7, 11) is -2.07. The standard InChI is InChI=1S/C12H16BrNO4S2/c1-14(8-5-3-2-4-6-8)20(17,18)10-7-9(12(15)16)19-11(10)13/h7-8H,2-6H2,1H3,(H,15,16). The monoisotopic (exact) mass is 381 g/mol. The number of sulfonamides is 1. The fourth-order valence-electron chi connectivity index (χ4n) is 2.43. The molecule has 1 aliphatic rings. The topological polar surface area (TPSA) is 74.7 Å². The minimum atomic E-state index is -3.65. The largest absolute Gasteiger partial charge is 0.477 e. The number of hydrogen-bond donors (Lipinski definition) is 1. The Hall–Kier alpha value is -0.440. The third-order valence-corrected chi connectivity index (χ3v) is 7.76. The molecule has 0 saturated heterocycles. The van der Waals surface area contributed by atoms with Gasteiger partial charge in [0.2, 0.25) is 10.0 Å². The van der Waals surface area contributed by atoms with Crippen molar-refractivity contribution in [3.8, 4) is 0 Å². The summed E-state index contributed by atoms with van der Waals surface area (Å²) >= 11 is 4.09. The Bertz CT molecular complexity index is 605. The van der Waals surface area contributed by atoms with E-state index in [2.05, 4.69) is 15.9 Å². The molecule has 1 aromatic rings. The van der Waals surface area contributed by atoms with Crippen LogP contribution in [-0.2, 0) is 10.0 Å². The Balaban J connectivity index is 2.31. The molecule has 1 fully saturated rings. The summed E-state index contributed by atoms with van der Waals surface area (Å²) in [4.78, 5) is 11.0. The molecule has 0 aliphatic heterocycles. The molecule has 1 aromatic heterocycles. The summed E-state index contributed by atoms with van der Waals surface area (Å²) in [6, 6.07) is 1.24. The number of rotatable bonds is 4. The van der Waals surface area contributed by atoms with E-state index in [1.54, 1.807) is 7.05 Å². The molecule has 1 heterocycles. The molecule has 112 valence electrons. The Morgan fingerprint density at radius 2 is 2.00 bits per heavy atom. The van der Waals surface area contributed by atoms with Crippen LogP contribution in [0.3, 0.4) is 0 Å². The molecule has 0 spiro atoms. The van der Waals surface area contributed by atoms with Crippen LogP contribution in [0.15, 0.2) is 14.7 Å². The Kier molecular flexibility index (Phi) is 4.88. The van der Waals surface area contributed by atoms with Gasteiger partial charge in [-0.2, -0.15) is 4.31 Å². The second-order valence-corrected chi connectivity index (χ2v) is 9.20. The van der Waals surface area contributed by atoms with Gasteiger partial charge in [-0.15, -0.1) is 11.3 Å². The van der Waals surface area contributed by atoms with Gasteiger partial charge in [0.05, 0.1) is 3.79 Å². The van der Waals surface area contributed by atoms with Crippen molar-refractivity contribution in [3.05, 3.63) is 14.7 Å². The second-order valence-electron chi connectivity index (χ2n) is 4.87. The summed E-state index contributed by atoms with van der Waals surface area (Å²) in [6.45, 7) is 0. The molecule has 8 heteroatoms. The average molecular weight is 382 g/mol.